The molecule has 0 saturated carbocycles. The van der Waals surface area contributed by atoms with E-state index in [0.717, 1.165) is 11.1 Å². The van der Waals surface area contributed by atoms with Crippen LogP contribution in [0.4, 0.5) is 0 Å². The SMILES string of the molecule is O=C(CCc1ccc(S(=O)(=O)NCc2ccccc2)cc1)N1CCOCC1. The monoisotopic (exact) mass is 388 g/mol. The van der Waals surface area contributed by atoms with Crippen LogP contribution in [0.15, 0.2) is 59.5 Å². The van der Waals surface area contributed by atoms with E-state index in [1.54, 1.807) is 24.3 Å². The molecule has 0 aromatic heterocycles. The Morgan fingerprint density at radius 2 is 1.63 bits per heavy atom. The number of nitrogens with one attached hydrogen (secondary N) is 1. The first kappa shape index (κ1) is 19.5. The molecule has 0 radical (unpaired) electrons. The van der Waals surface area contributed by atoms with Gasteiger partial charge >= 0.3 is 0 Å². The van der Waals surface area contributed by atoms with Gasteiger partial charge in [0, 0.05) is 26.1 Å². The molecule has 1 aliphatic heterocycles. The Bertz CT molecular complexity index is 845. The molecular formula is C20H24N2O4S. The first-order valence-corrected chi connectivity index (χ1v) is 10.5. The van der Waals surface area contributed by atoms with E-state index in [2.05, 4.69) is 4.72 Å². The summed E-state index contributed by atoms with van der Waals surface area (Å²) in [7, 11) is -3.56. The number of morpholine rings is 1. The molecule has 7 heteroatoms. The van der Waals surface area contributed by atoms with Gasteiger partial charge in [-0.2, -0.15) is 0 Å². The number of benzene rings is 2. The van der Waals surface area contributed by atoms with Crippen LogP contribution in [-0.4, -0.2) is 45.5 Å². The topological polar surface area (TPSA) is 75.7 Å². The Labute approximate surface area is 160 Å². The number of carbonyl (C=O) groups excluding carboxylic acids is 1. The number of sulfonamides is 1. The van der Waals surface area contributed by atoms with Crippen molar-refractivity contribution >= 4 is 15.9 Å². The van der Waals surface area contributed by atoms with Crippen molar-refractivity contribution in [2.75, 3.05) is 26.3 Å². The average molecular weight is 388 g/mol. The molecular weight excluding hydrogens is 364 g/mol. The van der Waals surface area contributed by atoms with Crippen LogP contribution in [0.2, 0.25) is 0 Å². The van der Waals surface area contributed by atoms with Crippen molar-refractivity contribution in [2.24, 2.45) is 0 Å². The van der Waals surface area contributed by atoms with E-state index in [1.165, 1.54) is 0 Å². The third-order valence-corrected chi connectivity index (χ3v) is 5.95. The van der Waals surface area contributed by atoms with E-state index in [9.17, 15) is 13.2 Å². The van der Waals surface area contributed by atoms with E-state index < -0.39 is 10.0 Å². The second-order valence-electron chi connectivity index (χ2n) is 6.45. The van der Waals surface area contributed by atoms with Gasteiger partial charge in [-0.25, -0.2) is 13.1 Å². The maximum Gasteiger partial charge on any atom is 0.240 e. The second kappa shape index (κ2) is 9.12. The van der Waals surface area contributed by atoms with Crippen molar-refractivity contribution < 1.29 is 17.9 Å². The predicted molar refractivity (Wildman–Crippen MR) is 103 cm³/mol. The van der Waals surface area contributed by atoms with Gasteiger partial charge in [0.15, 0.2) is 0 Å². The molecule has 2 aromatic rings. The highest BCUT2D eigenvalue weighted by atomic mass is 32.2. The third-order valence-electron chi connectivity index (χ3n) is 4.53. The van der Waals surface area contributed by atoms with Crippen molar-refractivity contribution in [3.63, 3.8) is 0 Å². The van der Waals surface area contributed by atoms with Gasteiger partial charge < -0.3 is 9.64 Å². The minimum Gasteiger partial charge on any atom is -0.378 e. The van der Waals surface area contributed by atoms with Crippen molar-refractivity contribution in [1.29, 1.82) is 0 Å². The minimum atomic E-state index is -3.56. The first-order chi connectivity index (χ1) is 13.0. The van der Waals surface area contributed by atoms with Crippen LogP contribution >= 0.6 is 0 Å². The highest BCUT2D eigenvalue weighted by Gasteiger charge is 2.17. The second-order valence-corrected chi connectivity index (χ2v) is 8.21. The third kappa shape index (κ3) is 5.63. The number of amides is 1. The van der Waals surface area contributed by atoms with Gasteiger partial charge in [-0.3, -0.25) is 4.79 Å². The Morgan fingerprint density at radius 3 is 2.30 bits per heavy atom. The van der Waals surface area contributed by atoms with Crippen molar-refractivity contribution in [1.82, 2.24) is 9.62 Å². The molecule has 1 heterocycles. The average Bonchev–Trinajstić information content (AvgIpc) is 2.72. The van der Waals surface area contributed by atoms with E-state index in [1.807, 2.05) is 35.2 Å². The van der Waals surface area contributed by atoms with Crippen molar-refractivity contribution in [3.8, 4) is 0 Å². The summed E-state index contributed by atoms with van der Waals surface area (Å²) in [5, 5.41) is 0. The molecule has 2 aromatic carbocycles. The summed E-state index contributed by atoms with van der Waals surface area (Å²) >= 11 is 0. The van der Waals surface area contributed by atoms with Gasteiger partial charge in [0.05, 0.1) is 18.1 Å². The lowest BCUT2D eigenvalue weighted by molar-refractivity contribution is -0.135. The number of aryl methyl sites for hydroxylation is 1. The van der Waals surface area contributed by atoms with Gasteiger partial charge in [0.1, 0.15) is 0 Å². The Kier molecular flexibility index (Phi) is 6.60. The van der Waals surface area contributed by atoms with Crippen molar-refractivity contribution in [2.45, 2.75) is 24.3 Å². The zero-order chi connectivity index (χ0) is 19.1. The lowest BCUT2D eigenvalue weighted by Crippen LogP contribution is -2.40. The van der Waals surface area contributed by atoms with Crippen LogP contribution in [0.25, 0.3) is 0 Å². The zero-order valence-electron chi connectivity index (χ0n) is 15.1. The normalized spacial score (nSPS) is 14.9. The first-order valence-electron chi connectivity index (χ1n) is 9.03. The number of rotatable bonds is 7. The largest absolute Gasteiger partial charge is 0.378 e. The van der Waals surface area contributed by atoms with Gasteiger partial charge in [0.25, 0.3) is 0 Å². The molecule has 144 valence electrons. The van der Waals surface area contributed by atoms with Crippen LogP contribution < -0.4 is 4.72 Å². The number of hydrogen-bond acceptors (Lipinski definition) is 4. The van der Waals surface area contributed by atoms with Crippen LogP contribution in [0.5, 0.6) is 0 Å². The number of carbonyl (C=O) groups is 1. The summed E-state index contributed by atoms with van der Waals surface area (Å²) in [6, 6.07) is 16.1. The van der Waals surface area contributed by atoms with E-state index in [4.69, 9.17) is 4.74 Å². The predicted octanol–water partition coefficient (Wildman–Crippen LogP) is 1.96. The molecule has 1 N–H and O–H groups in total. The van der Waals surface area contributed by atoms with Gasteiger partial charge in [-0.05, 0) is 29.7 Å². The molecule has 1 fully saturated rings. The lowest BCUT2D eigenvalue weighted by Gasteiger charge is -2.26. The number of nitrogens with zero attached hydrogens (tertiary/aromatic N) is 1. The molecule has 0 bridgehead atoms. The molecule has 1 amide bonds. The highest BCUT2D eigenvalue weighted by Crippen LogP contribution is 2.13. The minimum absolute atomic E-state index is 0.111. The van der Waals surface area contributed by atoms with Crippen LogP contribution in [0.3, 0.4) is 0 Å². The molecule has 1 saturated heterocycles. The maximum atomic E-state index is 12.4. The molecule has 1 aliphatic rings. The van der Waals surface area contributed by atoms with Gasteiger partial charge in [-0.1, -0.05) is 42.5 Å². The fraction of sp³-hybridized carbons (Fsp3) is 0.350. The quantitative estimate of drug-likeness (QED) is 0.787. The van der Waals surface area contributed by atoms with Crippen LogP contribution in [-0.2, 0) is 32.5 Å². The maximum absolute atomic E-state index is 12.4. The standard InChI is InChI=1S/C20H24N2O4S/c23-20(22-12-14-26-15-13-22)11-8-17-6-9-19(10-7-17)27(24,25)21-16-18-4-2-1-3-5-18/h1-7,9-10,21H,8,11-16H2. The van der Waals surface area contributed by atoms with Crippen LogP contribution in [0.1, 0.15) is 17.5 Å². The molecule has 0 aliphatic carbocycles. The van der Waals surface area contributed by atoms with Gasteiger partial charge in [-0.15, -0.1) is 0 Å². The summed E-state index contributed by atoms with van der Waals surface area (Å²) in [5.41, 5.74) is 1.85. The fourth-order valence-corrected chi connectivity index (χ4v) is 3.93. The van der Waals surface area contributed by atoms with Crippen molar-refractivity contribution in [3.05, 3.63) is 65.7 Å². The molecule has 3 rings (SSSR count). The van der Waals surface area contributed by atoms with E-state index >= 15 is 0 Å². The number of ether oxygens (including phenoxy) is 1. The Balaban J connectivity index is 1.53. The zero-order valence-corrected chi connectivity index (χ0v) is 16.0. The Morgan fingerprint density at radius 1 is 0.963 bits per heavy atom. The molecule has 6 nitrogen and oxygen atoms in total. The van der Waals surface area contributed by atoms with E-state index in [-0.39, 0.29) is 17.3 Å². The Hall–Kier alpha value is -2.22. The summed E-state index contributed by atoms with van der Waals surface area (Å²) in [6.07, 6.45) is 1.01. The summed E-state index contributed by atoms with van der Waals surface area (Å²) in [5.74, 6) is 0.111. The lowest BCUT2D eigenvalue weighted by atomic mass is 10.1. The molecule has 0 spiro atoms. The molecule has 0 unspecified atom stereocenters. The number of hydrogen-bond donors (Lipinski definition) is 1. The van der Waals surface area contributed by atoms with Crippen LogP contribution in [0, 0.1) is 0 Å². The summed E-state index contributed by atoms with van der Waals surface area (Å²) < 4.78 is 32.7. The molecule has 27 heavy (non-hydrogen) atoms. The summed E-state index contributed by atoms with van der Waals surface area (Å²) in [6.45, 7) is 2.72. The highest BCUT2D eigenvalue weighted by molar-refractivity contribution is 7.89. The summed E-state index contributed by atoms with van der Waals surface area (Å²) in [4.78, 5) is 14.2. The van der Waals surface area contributed by atoms with E-state index in [0.29, 0.717) is 39.1 Å². The molecule has 0 atom stereocenters. The van der Waals surface area contributed by atoms with Gasteiger partial charge in [0.2, 0.25) is 15.9 Å². The fourth-order valence-electron chi connectivity index (χ4n) is 2.91. The smallest absolute Gasteiger partial charge is 0.240 e.